The van der Waals surface area contributed by atoms with Crippen molar-refractivity contribution in [3.05, 3.63) is 87.2 Å². The summed E-state index contributed by atoms with van der Waals surface area (Å²) in [5.41, 5.74) is 2.21. The molecule has 0 radical (unpaired) electrons. The Labute approximate surface area is 168 Å². The van der Waals surface area contributed by atoms with Crippen molar-refractivity contribution >= 4 is 55.5 Å². The van der Waals surface area contributed by atoms with Gasteiger partial charge in [0, 0.05) is 32.8 Å². The quantitative estimate of drug-likeness (QED) is 0.427. The van der Waals surface area contributed by atoms with Crippen molar-refractivity contribution < 1.29 is 9.59 Å². The average molecular weight is 439 g/mol. The molecule has 134 valence electrons. The van der Waals surface area contributed by atoms with Gasteiger partial charge >= 0.3 is 0 Å². The zero-order chi connectivity index (χ0) is 18.8. The van der Waals surface area contributed by atoms with E-state index in [1.165, 1.54) is 11.3 Å². The van der Waals surface area contributed by atoms with Gasteiger partial charge in [-0.2, -0.15) is 0 Å². The number of ketones is 1. The second-order valence-corrected chi connectivity index (χ2v) is 7.91. The van der Waals surface area contributed by atoms with Gasteiger partial charge in [0.2, 0.25) is 11.7 Å². The summed E-state index contributed by atoms with van der Waals surface area (Å²) in [5.74, 6) is -0.165. The van der Waals surface area contributed by atoms with E-state index < -0.39 is 0 Å². The van der Waals surface area contributed by atoms with E-state index in [4.69, 9.17) is 0 Å². The van der Waals surface area contributed by atoms with Gasteiger partial charge in [0.1, 0.15) is 6.54 Å². The first-order valence-electron chi connectivity index (χ1n) is 8.33. The van der Waals surface area contributed by atoms with Gasteiger partial charge in [-0.15, -0.1) is 11.3 Å². The highest BCUT2D eigenvalue weighted by Crippen LogP contribution is 2.25. The van der Waals surface area contributed by atoms with E-state index in [2.05, 4.69) is 21.2 Å². The molecule has 2 heterocycles. The molecule has 0 fully saturated rings. The lowest BCUT2D eigenvalue weighted by Crippen LogP contribution is -2.18. The van der Waals surface area contributed by atoms with Crippen LogP contribution >= 0.6 is 27.3 Å². The predicted molar refractivity (Wildman–Crippen MR) is 112 cm³/mol. The fourth-order valence-electron chi connectivity index (χ4n) is 2.99. The minimum Gasteiger partial charge on any atom is -0.337 e. The summed E-state index contributed by atoms with van der Waals surface area (Å²) in [6.45, 7) is 0.133. The molecular weight excluding hydrogens is 424 g/mol. The molecule has 4 nitrogen and oxygen atoms in total. The lowest BCUT2D eigenvalue weighted by Gasteiger charge is -2.07. The van der Waals surface area contributed by atoms with Crippen LogP contribution in [0.2, 0.25) is 0 Å². The molecule has 0 aliphatic rings. The lowest BCUT2D eigenvalue weighted by molar-refractivity contribution is -0.116. The highest BCUT2D eigenvalue weighted by Gasteiger charge is 2.18. The van der Waals surface area contributed by atoms with E-state index in [9.17, 15) is 9.59 Å². The van der Waals surface area contributed by atoms with E-state index in [0.717, 1.165) is 21.1 Å². The third-order valence-electron chi connectivity index (χ3n) is 4.22. The van der Waals surface area contributed by atoms with Crippen LogP contribution in [0.25, 0.3) is 10.9 Å². The van der Waals surface area contributed by atoms with Crippen LogP contribution in [0.1, 0.15) is 15.2 Å². The van der Waals surface area contributed by atoms with E-state index >= 15 is 0 Å². The van der Waals surface area contributed by atoms with Crippen LogP contribution < -0.4 is 5.32 Å². The number of para-hydroxylation sites is 1. The first-order valence-corrected chi connectivity index (χ1v) is 10.0. The number of carbonyl (C=O) groups is 2. The van der Waals surface area contributed by atoms with E-state index in [1.54, 1.807) is 6.20 Å². The van der Waals surface area contributed by atoms with Crippen LogP contribution in [0.4, 0.5) is 5.69 Å². The van der Waals surface area contributed by atoms with Crippen molar-refractivity contribution in [2.45, 2.75) is 6.54 Å². The fraction of sp³-hybridized carbons (Fsp3) is 0.0476. The molecule has 0 saturated carbocycles. The van der Waals surface area contributed by atoms with Crippen LogP contribution in [0.15, 0.2) is 76.7 Å². The summed E-state index contributed by atoms with van der Waals surface area (Å²) in [4.78, 5) is 26.0. The van der Waals surface area contributed by atoms with Crippen molar-refractivity contribution in [2.24, 2.45) is 0 Å². The number of carbonyl (C=O) groups excluding carboxylic acids is 2. The standard InChI is InChI=1S/C21H15BrN2O2S/c22-14-7-9-15(10-8-14)23-20(25)13-24-12-17(16-4-1-2-5-18(16)24)21(26)19-6-3-11-27-19/h1-12H,13H2,(H,23,25). The smallest absolute Gasteiger partial charge is 0.244 e. The third kappa shape index (κ3) is 3.72. The molecule has 2 aromatic heterocycles. The van der Waals surface area contributed by atoms with Crippen LogP contribution in [-0.4, -0.2) is 16.3 Å². The number of anilines is 1. The normalized spacial score (nSPS) is 10.9. The fourth-order valence-corrected chi connectivity index (χ4v) is 3.93. The van der Waals surface area contributed by atoms with Crippen molar-refractivity contribution in [2.75, 3.05) is 5.32 Å². The Bertz CT molecular complexity index is 1120. The summed E-state index contributed by atoms with van der Waals surface area (Å²) in [7, 11) is 0. The number of rotatable bonds is 5. The number of thiophene rings is 1. The summed E-state index contributed by atoms with van der Waals surface area (Å²) in [6.07, 6.45) is 1.77. The number of nitrogens with one attached hydrogen (secondary N) is 1. The molecule has 27 heavy (non-hydrogen) atoms. The Balaban J connectivity index is 1.63. The molecule has 0 saturated heterocycles. The Morgan fingerprint density at radius 3 is 2.52 bits per heavy atom. The predicted octanol–water partition coefficient (Wildman–Crippen LogP) is 5.34. The maximum absolute atomic E-state index is 12.8. The van der Waals surface area contributed by atoms with Crippen LogP contribution in [0.3, 0.4) is 0 Å². The highest BCUT2D eigenvalue weighted by atomic mass is 79.9. The monoisotopic (exact) mass is 438 g/mol. The van der Waals surface area contributed by atoms with Crippen LogP contribution in [0.5, 0.6) is 0 Å². The van der Waals surface area contributed by atoms with Crippen molar-refractivity contribution in [1.29, 1.82) is 0 Å². The third-order valence-corrected chi connectivity index (χ3v) is 5.62. The average Bonchev–Trinajstić information content (AvgIpc) is 3.32. The zero-order valence-corrected chi connectivity index (χ0v) is 16.6. The second kappa shape index (κ2) is 7.50. The van der Waals surface area contributed by atoms with E-state index in [-0.39, 0.29) is 18.2 Å². The molecule has 4 rings (SSSR count). The van der Waals surface area contributed by atoms with Gasteiger partial charge in [-0.1, -0.05) is 40.2 Å². The largest absolute Gasteiger partial charge is 0.337 e. The maximum Gasteiger partial charge on any atom is 0.244 e. The molecular formula is C21H15BrN2O2S. The SMILES string of the molecule is O=C(Cn1cc(C(=O)c2cccs2)c2ccccc21)Nc1ccc(Br)cc1. The molecule has 0 bridgehead atoms. The second-order valence-electron chi connectivity index (χ2n) is 6.05. The van der Waals surface area contributed by atoms with Gasteiger partial charge in [-0.05, 0) is 41.8 Å². The number of benzene rings is 2. The molecule has 0 unspecified atom stereocenters. The summed E-state index contributed by atoms with van der Waals surface area (Å²) >= 11 is 4.80. The molecule has 1 N–H and O–H groups in total. The van der Waals surface area contributed by atoms with Crippen molar-refractivity contribution in [3.63, 3.8) is 0 Å². The van der Waals surface area contributed by atoms with Gasteiger partial charge in [-0.3, -0.25) is 9.59 Å². The minimum atomic E-state index is -0.145. The van der Waals surface area contributed by atoms with Crippen LogP contribution in [-0.2, 0) is 11.3 Å². The van der Waals surface area contributed by atoms with E-state index in [0.29, 0.717) is 10.4 Å². The molecule has 0 aliphatic heterocycles. The summed E-state index contributed by atoms with van der Waals surface area (Å²) in [6, 6.07) is 18.7. The van der Waals surface area contributed by atoms with E-state index in [1.807, 2.05) is 70.6 Å². The van der Waals surface area contributed by atoms with Crippen LogP contribution in [0, 0.1) is 0 Å². The number of amides is 1. The Morgan fingerprint density at radius 2 is 1.78 bits per heavy atom. The number of fused-ring (bicyclic) bond motifs is 1. The first-order chi connectivity index (χ1) is 13.1. The Morgan fingerprint density at radius 1 is 1.00 bits per heavy atom. The minimum absolute atomic E-state index is 0.0201. The summed E-state index contributed by atoms with van der Waals surface area (Å²) in [5, 5.41) is 5.63. The van der Waals surface area contributed by atoms with Gasteiger partial charge in [0.25, 0.3) is 0 Å². The molecule has 1 amide bonds. The van der Waals surface area contributed by atoms with Gasteiger partial charge in [0.05, 0.1) is 4.88 Å². The van der Waals surface area contributed by atoms with Gasteiger partial charge in [-0.25, -0.2) is 0 Å². The number of hydrogen-bond donors (Lipinski definition) is 1. The molecule has 4 aromatic rings. The Kier molecular flexibility index (Phi) is 4.92. The zero-order valence-electron chi connectivity index (χ0n) is 14.2. The number of halogens is 1. The molecule has 0 spiro atoms. The number of hydrogen-bond acceptors (Lipinski definition) is 3. The number of aromatic nitrogens is 1. The van der Waals surface area contributed by atoms with Crippen molar-refractivity contribution in [1.82, 2.24) is 4.57 Å². The lowest BCUT2D eigenvalue weighted by atomic mass is 10.1. The van der Waals surface area contributed by atoms with Gasteiger partial charge in [0.15, 0.2) is 0 Å². The van der Waals surface area contributed by atoms with Crippen molar-refractivity contribution in [3.8, 4) is 0 Å². The topological polar surface area (TPSA) is 51.1 Å². The molecule has 6 heteroatoms. The maximum atomic E-state index is 12.8. The first kappa shape index (κ1) is 17.7. The Hall–Kier alpha value is -2.70. The summed E-state index contributed by atoms with van der Waals surface area (Å²) < 4.78 is 2.78. The molecule has 0 atom stereocenters. The van der Waals surface area contributed by atoms with Gasteiger partial charge < -0.3 is 9.88 Å². The molecule has 0 aliphatic carbocycles. The number of nitrogens with zero attached hydrogens (tertiary/aromatic N) is 1. The highest BCUT2D eigenvalue weighted by molar-refractivity contribution is 9.10. The molecule has 2 aromatic carbocycles.